The lowest BCUT2D eigenvalue weighted by atomic mass is 9.92. The van der Waals surface area contributed by atoms with Crippen molar-refractivity contribution < 1.29 is 4.79 Å². The SMILES string of the molecule is CN1C(=O)C(CN)Cc2ccccc21. The van der Waals surface area contributed by atoms with E-state index in [1.807, 2.05) is 25.2 Å². The zero-order chi connectivity index (χ0) is 10.1. The summed E-state index contributed by atoms with van der Waals surface area (Å²) in [4.78, 5) is 13.5. The van der Waals surface area contributed by atoms with Crippen molar-refractivity contribution in [2.24, 2.45) is 11.7 Å². The van der Waals surface area contributed by atoms with Crippen LogP contribution in [-0.2, 0) is 11.2 Å². The quantitative estimate of drug-likeness (QED) is 0.711. The summed E-state index contributed by atoms with van der Waals surface area (Å²) in [6.45, 7) is 0.428. The van der Waals surface area contributed by atoms with E-state index in [1.165, 1.54) is 5.56 Å². The number of anilines is 1. The Morgan fingerprint density at radius 1 is 1.50 bits per heavy atom. The molecule has 0 aliphatic carbocycles. The van der Waals surface area contributed by atoms with Crippen LogP contribution in [0.3, 0.4) is 0 Å². The zero-order valence-electron chi connectivity index (χ0n) is 8.23. The van der Waals surface area contributed by atoms with Crippen molar-refractivity contribution in [1.82, 2.24) is 0 Å². The van der Waals surface area contributed by atoms with Gasteiger partial charge in [-0.25, -0.2) is 0 Å². The molecule has 2 N–H and O–H groups in total. The Balaban J connectivity index is 2.42. The maximum atomic E-state index is 11.8. The number of carbonyl (C=O) groups is 1. The van der Waals surface area contributed by atoms with Crippen molar-refractivity contribution in [3.05, 3.63) is 29.8 Å². The number of para-hydroxylation sites is 1. The van der Waals surface area contributed by atoms with Crippen LogP contribution in [0.5, 0.6) is 0 Å². The molecule has 3 nitrogen and oxygen atoms in total. The van der Waals surface area contributed by atoms with E-state index in [4.69, 9.17) is 5.73 Å². The number of rotatable bonds is 1. The van der Waals surface area contributed by atoms with Crippen molar-refractivity contribution in [3.8, 4) is 0 Å². The zero-order valence-corrected chi connectivity index (χ0v) is 8.23. The highest BCUT2D eigenvalue weighted by Crippen LogP contribution is 2.28. The summed E-state index contributed by atoms with van der Waals surface area (Å²) in [5.41, 5.74) is 7.79. The molecule has 1 aliphatic heterocycles. The normalized spacial score (nSPS) is 20.9. The van der Waals surface area contributed by atoms with Gasteiger partial charge in [-0.1, -0.05) is 18.2 Å². The number of nitrogens with two attached hydrogens (primary N) is 1. The third-order valence-electron chi connectivity index (χ3n) is 2.78. The summed E-state index contributed by atoms with van der Waals surface area (Å²) in [5.74, 6) is 0.0844. The molecule has 0 saturated heterocycles. The van der Waals surface area contributed by atoms with Crippen molar-refractivity contribution >= 4 is 11.6 Å². The minimum Gasteiger partial charge on any atom is -0.330 e. The molecule has 0 aromatic heterocycles. The van der Waals surface area contributed by atoms with Crippen LogP contribution in [0.4, 0.5) is 5.69 Å². The lowest BCUT2D eigenvalue weighted by Crippen LogP contribution is -2.41. The van der Waals surface area contributed by atoms with E-state index in [0.717, 1.165) is 12.1 Å². The van der Waals surface area contributed by atoms with Crippen LogP contribution in [0.15, 0.2) is 24.3 Å². The molecule has 0 spiro atoms. The Kier molecular flexibility index (Phi) is 2.25. The number of carbonyl (C=O) groups excluding carboxylic acids is 1. The molecule has 1 atom stereocenters. The third kappa shape index (κ3) is 1.30. The Morgan fingerprint density at radius 3 is 2.93 bits per heavy atom. The standard InChI is InChI=1S/C11H14N2O/c1-13-10-5-3-2-4-8(10)6-9(7-12)11(13)14/h2-5,9H,6-7,12H2,1H3. The fraction of sp³-hybridized carbons (Fsp3) is 0.364. The molecule has 0 saturated carbocycles. The summed E-state index contributed by atoms with van der Waals surface area (Å²) in [6, 6.07) is 7.97. The first-order valence-corrected chi connectivity index (χ1v) is 4.79. The Bertz CT molecular complexity index is 362. The largest absolute Gasteiger partial charge is 0.330 e. The summed E-state index contributed by atoms with van der Waals surface area (Å²) >= 11 is 0. The van der Waals surface area contributed by atoms with Gasteiger partial charge in [-0.2, -0.15) is 0 Å². The molecule has 1 unspecified atom stereocenters. The predicted molar refractivity (Wildman–Crippen MR) is 56.1 cm³/mol. The molecule has 1 aromatic rings. The van der Waals surface area contributed by atoms with E-state index in [0.29, 0.717) is 6.54 Å². The average Bonchev–Trinajstić information content (AvgIpc) is 2.23. The summed E-state index contributed by atoms with van der Waals surface area (Å²) in [5, 5.41) is 0. The van der Waals surface area contributed by atoms with Gasteiger partial charge in [0.2, 0.25) is 5.91 Å². The Morgan fingerprint density at radius 2 is 2.21 bits per heavy atom. The predicted octanol–water partition coefficient (Wildman–Crippen LogP) is 0.780. The maximum Gasteiger partial charge on any atom is 0.231 e. The van der Waals surface area contributed by atoms with Crippen molar-refractivity contribution in [2.75, 3.05) is 18.5 Å². The first kappa shape index (κ1) is 9.21. The minimum absolute atomic E-state index is 0.0464. The van der Waals surface area contributed by atoms with Crippen LogP contribution in [0.1, 0.15) is 5.56 Å². The van der Waals surface area contributed by atoms with E-state index in [9.17, 15) is 4.79 Å². The first-order chi connectivity index (χ1) is 6.74. The van der Waals surface area contributed by atoms with Crippen LogP contribution in [-0.4, -0.2) is 19.5 Å². The molecule has 2 rings (SSSR count). The number of benzene rings is 1. The van der Waals surface area contributed by atoms with Gasteiger partial charge in [0.15, 0.2) is 0 Å². The van der Waals surface area contributed by atoms with E-state index >= 15 is 0 Å². The molecule has 3 heteroatoms. The van der Waals surface area contributed by atoms with Gasteiger partial charge in [0.25, 0.3) is 0 Å². The molecule has 74 valence electrons. The second-order valence-corrected chi connectivity index (χ2v) is 3.66. The average molecular weight is 190 g/mol. The fourth-order valence-electron chi connectivity index (χ4n) is 1.94. The molecular weight excluding hydrogens is 176 g/mol. The maximum absolute atomic E-state index is 11.8. The second-order valence-electron chi connectivity index (χ2n) is 3.66. The first-order valence-electron chi connectivity index (χ1n) is 4.79. The lowest BCUT2D eigenvalue weighted by molar-refractivity contribution is -0.122. The molecule has 14 heavy (non-hydrogen) atoms. The van der Waals surface area contributed by atoms with Gasteiger partial charge in [-0.15, -0.1) is 0 Å². The highest BCUT2D eigenvalue weighted by Gasteiger charge is 2.28. The number of hydrogen-bond donors (Lipinski definition) is 1. The minimum atomic E-state index is -0.0464. The fourth-order valence-corrected chi connectivity index (χ4v) is 1.94. The van der Waals surface area contributed by atoms with E-state index < -0.39 is 0 Å². The summed E-state index contributed by atoms with van der Waals surface area (Å²) in [7, 11) is 1.81. The molecule has 1 amide bonds. The van der Waals surface area contributed by atoms with Crippen molar-refractivity contribution in [1.29, 1.82) is 0 Å². The smallest absolute Gasteiger partial charge is 0.231 e. The molecule has 0 radical (unpaired) electrons. The number of hydrogen-bond acceptors (Lipinski definition) is 2. The van der Waals surface area contributed by atoms with Gasteiger partial charge in [0.1, 0.15) is 0 Å². The van der Waals surface area contributed by atoms with Gasteiger partial charge in [-0.05, 0) is 18.1 Å². The highest BCUT2D eigenvalue weighted by atomic mass is 16.2. The van der Waals surface area contributed by atoms with E-state index in [1.54, 1.807) is 4.90 Å². The number of amides is 1. The van der Waals surface area contributed by atoms with Crippen molar-refractivity contribution in [3.63, 3.8) is 0 Å². The third-order valence-corrected chi connectivity index (χ3v) is 2.78. The molecule has 1 aromatic carbocycles. The number of nitrogens with zero attached hydrogens (tertiary/aromatic N) is 1. The molecule has 0 fully saturated rings. The number of fused-ring (bicyclic) bond motifs is 1. The molecule has 1 aliphatic rings. The van der Waals surface area contributed by atoms with Gasteiger partial charge in [0, 0.05) is 19.3 Å². The molecule has 0 bridgehead atoms. The Labute approximate surface area is 83.5 Å². The van der Waals surface area contributed by atoms with Crippen molar-refractivity contribution in [2.45, 2.75) is 6.42 Å². The monoisotopic (exact) mass is 190 g/mol. The van der Waals surface area contributed by atoms with Gasteiger partial charge in [-0.3, -0.25) is 4.79 Å². The molecular formula is C11H14N2O. The van der Waals surface area contributed by atoms with Gasteiger partial charge in [0.05, 0.1) is 5.92 Å². The van der Waals surface area contributed by atoms with Crippen LogP contribution in [0.2, 0.25) is 0 Å². The topological polar surface area (TPSA) is 46.3 Å². The van der Waals surface area contributed by atoms with Gasteiger partial charge < -0.3 is 10.6 Å². The van der Waals surface area contributed by atoms with Gasteiger partial charge >= 0.3 is 0 Å². The highest BCUT2D eigenvalue weighted by molar-refractivity contribution is 5.97. The summed E-state index contributed by atoms with van der Waals surface area (Å²) < 4.78 is 0. The lowest BCUT2D eigenvalue weighted by Gasteiger charge is -2.30. The van der Waals surface area contributed by atoms with Crippen LogP contribution in [0.25, 0.3) is 0 Å². The van der Waals surface area contributed by atoms with Crippen LogP contribution >= 0.6 is 0 Å². The van der Waals surface area contributed by atoms with Crippen LogP contribution < -0.4 is 10.6 Å². The van der Waals surface area contributed by atoms with E-state index in [-0.39, 0.29) is 11.8 Å². The van der Waals surface area contributed by atoms with Crippen LogP contribution in [0, 0.1) is 5.92 Å². The van der Waals surface area contributed by atoms with E-state index in [2.05, 4.69) is 6.07 Å². The molecule has 1 heterocycles. The summed E-state index contributed by atoms with van der Waals surface area (Å²) in [6.07, 6.45) is 0.774. The Hall–Kier alpha value is -1.35. The second kappa shape index (κ2) is 3.42.